The van der Waals surface area contributed by atoms with Gasteiger partial charge in [0.25, 0.3) is 5.56 Å². The van der Waals surface area contributed by atoms with Crippen LogP contribution in [0.2, 0.25) is 5.15 Å². The van der Waals surface area contributed by atoms with E-state index in [-0.39, 0.29) is 16.5 Å². The van der Waals surface area contributed by atoms with Crippen LogP contribution in [0.25, 0.3) is 0 Å². The number of hydrogen-bond acceptors (Lipinski definition) is 4. The number of rotatable bonds is 4. The summed E-state index contributed by atoms with van der Waals surface area (Å²) in [5, 5.41) is 0.122. The first-order chi connectivity index (χ1) is 8.72. The van der Waals surface area contributed by atoms with Crippen LogP contribution in [-0.2, 0) is 6.54 Å². The molecule has 0 bridgehead atoms. The monoisotopic (exact) mass is 271 g/mol. The lowest BCUT2D eigenvalue weighted by molar-refractivity contribution is 0.219. The fourth-order valence-corrected chi connectivity index (χ4v) is 2.41. The summed E-state index contributed by atoms with van der Waals surface area (Å²) < 4.78 is 6.52. The topological polar surface area (TPSA) is 47.4 Å². The minimum absolute atomic E-state index is 0.122. The second-order valence-electron chi connectivity index (χ2n) is 4.47. The molecule has 1 aromatic heterocycles. The van der Waals surface area contributed by atoms with Crippen LogP contribution in [0.3, 0.4) is 0 Å². The normalized spacial score (nSPS) is 16.8. The highest BCUT2D eigenvalue weighted by Gasteiger charge is 2.13. The zero-order valence-corrected chi connectivity index (χ0v) is 11.3. The van der Waals surface area contributed by atoms with E-state index < -0.39 is 0 Å². The average Bonchev–Trinajstić information content (AvgIpc) is 2.40. The van der Waals surface area contributed by atoms with E-state index in [0.29, 0.717) is 6.54 Å². The minimum atomic E-state index is -0.213. The van der Waals surface area contributed by atoms with Gasteiger partial charge in [0.2, 0.25) is 5.75 Å². The van der Waals surface area contributed by atoms with Gasteiger partial charge in [-0.25, -0.2) is 4.98 Å². The molecule has 1 saturated heterocycles. The van der Waals surface area contributed by atoms with E-state index in [1.54, 1.807) is 4.57 Å². The Kier molecular flexibility index (Phi) is 4.60. The number of nitrogens with zero attached hydrogens (tertiary/aromatic N) is 3. The third-order valence-corrected chi connectivity index (χ3v) is 3.53. The molecule has 6 heteroatoms. The highest BCUT2D eigenvalue weighted by atomic mass is 35.5. The Morgan fingerprint density at radius 1 is 1.33 bits per heavy atom. The molecular weight excluding hydrogens is 254 g/mol. The van der Waals surface area contributed by atoms with Crippen molar-refractivity contribution in [1.29, 1.82) is 0 Å². The molecule has 0 aromatic carbocycles. The molecule has 1 fully saturated rings. The lowest BCUT2D eigenvalue weighted by Gasteiger charge is -2.26. The van der Waals surface area contributed by atoms with E-state index in [1.165, 1.54) is 32.7 Å². The number of aromatic nitrogens is 2. The van der Waals surface area contributed by atoms with Crippen LogP contribution < -0.4 is 10.3 Å². The summed E-state index contributed by atoms with van der Waals surface area (Å²) in [6, 6.07) is 0. The number of hydrogen-bond donors (Lipinski definition) is 0. The summed E-state index contributed by atoms with van der Waals surface area (Å²) >= 11 is 5.79. The van der Waals surface area contributed by atoms with E-state index in [1.807, 2.05) is 0 Å². The van der Waals surface area contributed by atoms with Gasteiger partial charge in [-0.3, -0.25) is 9.36 Å². The van der Waals surface area contributed by atoms with E-state index in [0.717, 1.165) is 19.6 Å². The largest absolute Gasteiger partial charge is 0.489 e. The molecule has 0 N–H and O–H groups in total. The van der Waals surface area contributed by atoms with Crippen LogP contribution in [0.5, 0.6) is 5.75 Å². The second kappa shape index (κ2) is 6.20. The van der Waals surface area contributed by atoms with Crippen molar-refractivity contribution >= 4 is 11.6 Å². The Morgan fingerprint density at radius 3 is 2.72 bits per heavy atom. The predicted molar refractivity (Wildman–Crippen MR) is 70.4 cm³/mol. The molecule has 1 aliphatic heterocycles. The summed E-state index contributed by atoms with van der Waals surface area (Å²) in [5.74, 6) is 0.123. The van der Waals surface area contributed by atoms with Gasteiger partial charge in [-0.1, -0.05) is 18.0 Å². The molecule has 0 saturated carbocycles. The molecule has 1 aromatic rings. The zero-order valence-electron chi connectivity index (χ0n) is 10.6. The van der Waals surface area contributed by atoms with Crippen molar-refractivity contribution in [3.05, 3.63) is 21.8 Å². The molecule has 5 nitrogen and oxygen atoms in total. The number of halogens is 1. The Labute approximate surface area is 111 Å². The van der Waals surface area contributed by atoms with Gasteiger partial charge >= 0.3 is 0 Å². The maximum Gasteiger partial charge on any atom is 0.297 e. The SMILES string of the molecule is COc1c(Cl)ncn(CCN2CCCCC2)c1=O. The zero-order chi connectivity index (χ0) is 13.0. The minimum Gasteiger partial charge on any atom is -0.489 e. The van der Waals surface area contributed by atoms with Crippen LogP contribution >= 0.6 is 11.6 Å². The highest BCUT2D eigenvalue weighted by Crippen LogP contribution is 2.14. The van der Waals surface area contributed by atoms with Crippen molar-refractivity contribution in [2.24, 2.45) is 0 Å². The van der Waals surface area contributed by atoms with E-state index in [4.69, 9.17) is 16.3 Å². The van der Waals surface area contributed by atoms with Crippen LogP contribution in [0.15, 0.2) is 11.1 Å². The highest BCUT2D eigenvalue weighted by molar-refractivity contribution is 6.30. The van der Waals surface area contributed by atoms with E-state index in [9.17, 15) is 4.79 Å². The fraction of sp³-hybridized carbons (Fsp3) is 0.667. The maximum atomic E-state index is 12.0. The summed E-state index contributed by atoms with van der Waals surface area (Å²) in [7, 11) is 1.43. The van der Waals surface area contributed by atoms with Crippen LogP contribution in [0.1, 0.15) is 19.3 Å². The quantitative estimate of drug-likeness (QED) is 0.777. The predicted octanol–water partition coefficient (Wildman–Crippen LogP) is 1.39. The van der Waals surface area contributed by atoms with Gasteiger partial charge in [0.15, 0.2) is 5.15 Å². The van der Waals surface area contributed by atoms with Crippen molar-refractivity contribution in [2.75, 3.05) is 26.7 Å². The van der Waals surface area contributed by atoms with Crippen LogP contribution in [0, 0.1) is 0 Å². The van der Waals surface area contributed by atoms with Gasteiger partial charge in [0.05, 0.1) is 13.4 Å². The molecule has 2 rings (SSSR count). The lowest BCUT2D eigenvalue weighted by atomic mass is 10.1. The number of ether oxygens (including phenoxy) is 1. The van der Waals surface area contributed by atoms with Gasteiger partial charge in [0.1, 0.15) is 0 Å². The first-order valence-electron chi connectivity index (χ1n) is 6.23. The summed E-state index contributed by atoms with van der Waals surface area (Å²) in [4.78, 5) is 18.3. The smallest absolute Gasteiger partial charge is 0.297 e. The Bertz CT molecular complexity index is 455. The second-order valence-corrected chi connectivity index (χ2v) is 4.83. The molecule has 0 amide bonds. The maximum absolute atomic E-state index is 12.0. The van der Waals surface area contributed by atoms with Crippen molar-refractivity contribution in [3.8, 4) is 5.75 Å². The molecule has 0 unspecified atom stereocenters. The molecule has 0 aliphatic carbocycles. The van der Waals surface area contributed by atoms with Gasteiger partial charge in [0, 0.05) is 13.1 Å². The number of likely N-dealkylation sites (tertiary alicyclic amines) is 1. The third kappa shape index (κ3) is 3.03. The first kappa shape index (κ1) is 13.4. The summed E-state index contributed by atoms with van der Waals surface area (Å²) in [5.41, 5.74) is -0.213. The molecule has 2 heterocycles. The van der Waals surface area contributed by atoms with E-state index in [2.05, 4.69) is 9.88 Å². The fourth-order valence-electron chi connectivity index (χ4n) is 2.21. The summed E-state index contributed by atoms with van der Waals surface area (Å²) in [6.45, 7) is 3.73. The van der Waals surface area contributed by atoms with Crippen LogP contribution in [-0.4, -0.2) is 41.2 Å². The molecular formula is C12H18ClN3O2. The molecule has 18 heavy (non-hydrogen) atoms. The first-order valence-corrected chi connectivity index (χ1v) is 6.61. The molecule has 0 radical (unpaired) electrons. The van der Waals surface area contributed by atoms with Gasteiger partial charge in [-0.05, 0) is 25.9 Å². The lowest BCUT2D eigenvalue weighted by Crippen LogP contribution is -2.34. The van der Waals surface area contributed by atoms with Crippen molar-refractivity contribution in [1.82, 2.24) is 14.5 Å². The van der Waals surface area contributed by atoms with Gasteiger partial charge in [-0.2, -0.15) is 0 Å². The Morgan fingerprint density at radius 2 is 2.06 bits per heavy atom. The molecule has 0 atom stereocenters. The Hall–Kier alpha value is -1.07. The molecule has 0 spiro atoms. The average molecular weight is 272 g/mol. The van der Waals surface area contributed by atoms with Crippen molar-refractivity contribution in [3.63, 3.8) is 0 Å². The number of piperidine rings is 1. The van der Waals surface area contributed by atoms with Crippen LogP contribution in [0.4, 0.5) is 0 Å². The summed E-state index contributed by atoms with van der Waals surface area (Å²) in [6.07, 6.45) is 5.29. The molecule has 1 aliphatic rings. The molecule has 100 valence electrons. The van der Waals surface area contributed by atoms with Gasteiger partial charge < -0.3 is 9.64 Å². The number of methoxy groups -OCH3 is 1. The third-order valence-electron chi connectivity index (χ3n) is 3.26. The van der Waals surface area contributed by atoms with Crippen molar-refractivity contribution < 1.29 is 4.74 Å². The van der Waals surface area contributed by atoms with Crippen molar-refractivity contribution in [2.45, 2.75) is 25.8 Å². The Balaban J connectivity index is 2.03. The van der Waals surface area contributed by atoms with E-state index >= 15 is 0 Å². The van der Waals surface area contributed by atoms with Gasteiger partial charge in [-0.15, -0.1) is 0 Å². The standard InChI is InChI=1S/C12H18ClN3O2/c1-18-10-11(13)14-9-16(12(10)17)8-7-15-5-3-2-4-6-15/h9H,2-8H2,1H3.